The molecule has 0 aromatic heterocycles. The molecule has 1 spiro atoms. The molecule has 0 aromatic carbocycles. The largest absolute Gasteiger partial charge is 0.345 e. The average Bonchev–Trinajstić information content (AvgIpc) is 2.50. The molecule has 2 aliphatic heterocycles. The highest BCUT2D eigenvalue weighted by molar-refractivity contribution is 5.83. The van der Waals surface area contributed by atoms with Gasteiger partial charge in [0.05, 0.1) is 5.41 Å². The van der Waals surface area contributed by atoms with Crippen LogP contribution >= 0.6 is 0 Å². The first-order valence-corrected chi connectivity index (χ1v) is 4.71. The lowest BCUT2D eigenvalue weighted by Crippen LogP contribution is -2.47. The van der Waals surface area contributed by atoms with Gasteiger partial charge >= 0.3 is 0 Å². The van der Waals surface area contributed by atoms with Crippen molar-refractivity contribution in [3.8, 4) is 0 Å². The maximum absolute atomic E-state index is 11.8. The zero-order valence-electron chi connectivity index (χ0n) is 7.60. The van der Waals surface area contributed by atoms with Crippen LogP contribution in [-0.4, -0.2) is 37.5 Å². The van der Waals surface area contributed by atoms with E-state index >= 15 is 0 Å². The summed E-state index contributed by atoms with van der Waals surface area (Å²) < 4.78 is 0. The van der Waals surface area contributed by atoms with E-state index < -0.39 is 0 Å². The summed E-state index contributed by atoms with van der Waals surface area (Å²) in [6.07, 6.45) is 3.29. The lowest BCUT2D eigenvalue weighted by Gasteiger charge is -2.36. The Labute approximate surface area is 73.1 Å². The minimum Gasteiger partial charge on any atom is -0.345 e. The molecule has 0 bridgehead atoms. The highest BCUT2D eigenvalue weighted by atomic mass is 16.2. The quantitative estimate of drug-likeness (QED) is 0.561. The molecule has 0 aliphatic carbocycles. The molecule has 0 radical (unpaired) electrons. The van der Waals surface area contributed by atoms with Crippen LogP contribution in [0.4, 0.5) is 0 Å². The Balaban J connectivity index is 2.17. The summed E-state index contributed by atoms with van der Waals surface area (Å²) in [7, 11) is 1.92. The maximum Gasteiger partial charge on any atom is 0.229 e. The summed E-state index contributed by atoms with van der Waals surface area (Å²) in [5, 5.41) is 3.29. The molecule has 68 valence electrons. The van der Waals surface area contributed by atoms with E-state index in [0.29, 0.717) is 5.91 Å². The monoisotopic (exact) mass is 168 g/mol. The van der Waals surface area contributed by atoms with Crippen molar-refractivity contribution in [2.75, 3.05) is 26.7 Å². The van der Waals surface area contributed by atoms with Crippen molar-refractivity contribution in [3.63, 3.8) is 0 Å². The van der Waals surface area contributed by atoms with Crippen LogP contribution in [0.5, 0.6) is 0 Å². The third kappa shape index (κ3) is 1.04. The van der Waals surface area contributed by atoms with E-state index in [1.165, 1.54) is 6.42 Å². The molecule has 2 heterocycles. The number of carbonyl (C=O) groups is 1. The van der Waals surface area contributed by atoms with Crippen LogP contribution in [0.1, 0.15) is 19.3 Å². The Kier molecular flexibility index (Phi) is 1.83. The van der Waals surface area contributed by atoms with Crippen molar-refractivity contribution >= 4 is 5.91 Å². The molecular weight excluding hydrogens is 152 g/mol. The number of hydrogen-bond donors (Lipinski definition) is 1. The Hall–Kier alpha value is -0.570. The number of rotatable bonds is 0. The Morgan fingerprint density at radius 1 is 1.50 bits per heavy atom. The van der Waals surface area contributed by atoms with E-state index in [-0.39, 0.29) is 5.41 Å². The molecule has 12 heavy (non-hydrogen) atoms. The summed E-state index contributed by atoms with van der Waals surface area (Å²) in [6, 6.07) is 0. The van der Waals surface area contributed by atoms with Crippen LogP contribution in [0.2, 0.25) is 0 Å². The van der Waals surface area contributed by atoms with Crippen LogP contribution in [0, 0.1) is 5.41 Å². The first kappa shape index (κ1) is 8.05. The summed E-state index contributed by atoms with van der Waals surface area (Å²) in [6.45, 7) is 2.86. The SMILES string of the molecule is CN1CCC[C@]2(CCNC2)C1=O. The van der Waals surface area contributed by atoms with Crippen molar-refractivity contribution in [3.05, 3.63) is 0 Å². The molecule has 2 rings (SSSR count). The first-order chi connectivity index (χ1) is 5.75. The number of nitrogens with zero attached hydrogens (tertiary/aromatic N) is 1. The number of nitrogens with one attached hydrogen (secondary N) is 1. The van der Waals surface area contributed by atoms with E-state index in [1.807, 2.05) is 11.9 Å². The maximum atomic E-state index is 11.8. The van der Waals surface area contributed by atoms with Crippen LogP contribution in [0.3, 0.4) is 0 Å². The van der Waals surface area contributed by atoms with Gasteiger partial charge in [0.15, 0.2) is 0 Å². The van der Waals surface area contributed by atoms with Gasteiger partial charge in [-0.15, -0.1) is 0 Å². The zero-order chi connectivity index (χ0) is 8.60. The highest BCUT2D eigenvalue weighted by Crippen LogP contribution is 2.35. The number of piperidine rings is 1. The molecular formula is C9H16N2O. The van der Waals surface area contributed by atoms with Gasteiger partial charge in [-0.2, -0.15) is 0 Å². The minimum absolute atomic E-state index is 0.0208. The molecule has 0 unspecified atom stereocenters. The van der Waals surface area contributed by atoms with Gasteiger partial charge in [0.2, 0.25) is 5.91 Å². The molecule has 2 aliphatic rings. The summed E-state index contributed by atoms with van der Waals surface area (Å²) >= 11 is 0. The van der Waals surface area contributed by atoms with Gasteiger partial charge < -0.3 is 10.2 Å². The molecule has 3 heteroatoms. The topological polar surface area (TPSA) is 32.3 Å². The van der Waals surface area contributed by atoms with Gasteiger partial charge in [-0.1, -0.05) is 0 Å². The second-order valence-electron chi connectivity index (χ2n) is 4.04. The van der Waals surface area contributed by atoms with Crippen LogP contribution in [0.15, 0.2) is 0 Å². The fourth-order valence-electron chi connectivity index (χ4n) is 2.41. The van der Waals surface area contributed by atoms with Gasteiger partial charge in [0, 0.05) is 20.1 Å². The molecule has 1 amide bonds. The van der Waals surface area contributed by atoms with Crippen LogP contribution < -0.4 is 5.32 Å². The third-order valence-corrected chi connectivity index (χ3v) is 3.19. The van der Waals surface area contributed by atoms with Gasteiger partial charge in [-0.05, 0) is 25.8 Å². The van der Waals surface area contributed by atoms with Gasteiger partial charge in [0.1, 0.15) is 0 Å². The fraction of sp³-hybridized carbons (Fsp3) is 0.889. The lowest BCUT2D eigenvalue weighted by molar-refractivity contribution is -0.143. The Bertz CT molecular complexity index is 197. The number of amides is 1. The van der Waals surface area contributed by atoms with Gasteiger partial charge in [-0.3, -0.25) is 4.79 Å². The van der Waals surface area contributed by atoms with Crippen LogP contribution in [-0.2, 0) is 4.79 Å². The molecule has 0 aromatic rings. The first-order valence-electron chi connectivity index (χ1n) is 4.71. The second kappa shape index (κ2) is 2.73. The zero-order valence-corrected chi connectivity index (χ0v) is 7.60. The molecule has 2 fully saturated rings. The highest BCUT2D eigenvalue weighted by Gasteiger charge is 2.44. The standard InChI is InChI=1S/C9H16N2O/c1-11-6-2-3-9(8(11)12)4-5-10-7-9/h10H,2-7H2,1H3/t9-/m1/s1. The van der Waals surface area contributed by atoms with Crippen molar-refractivity contribution in [1.82, 2.24) is 10.2 Å². The number of hydrogen-bond acceptors (Lipinski definition) is 2. The van der Waals surface area contributed by atoms with Crippen molar-refractivity contribution in [1.29, 1.82) is 0 Å². The average molecular weight is 168 g/mol. The van der Waals surface area contributed by atoms with Crippen molar-refractivity contribution in [2.45, 2.75) is 19.3 Å². The number of likely N-dealkylation sites (tertiary alicyclic amines) is 1. The van der Waals surface area contributed by atoms with Gasteiger partial charge in [-0.25, -0.2) is 0 Å². The van der Waals surface area contributed by atoms with Gasteiger partial charge in [0.25, 0.3) is 0 Å². The van der Waals surface area contributed by atoms with E-state index in [4.69, 9.17) is 0 Å². The van der Waals surface area contributed by atoms with Crippen LogP contribution in [0.25, 0.3) is 0 Å². The summed E-state index contributed by atoms with van der Waals surface area (Å²) in [4.78, 5) is 13.7. The Morgan fingerprint density at radius 3 is 3.00 bits per heavy atom. The third-order valence-electron chi connectivity index (χ3n) is 3.19. The Morgan fingerprint density at radius 2 is 2.33 bits per heavy atom. The second-order valence-corrected chi connectivity index (χ2v) is 4.04. The molecule has 1 atom stereocenters. The summed E-state index contributed by atoms with van der Waals surface area (Å²) in [5.41, 5.74) is -0.0208. The smallest absolute Gasteiger partial charge is 0.229 e. The van der Waals surface area contributed by atoms with E-state index in [0.717, 1.165) is 32.5 Å². The minimum atomic E-state index is -0.0208. The molecule has 3 nitrogen and oxygen atoms in total. The summed E-state index contributed by atoms with van der Waals surface area (Å²) in [5.74, 6) is 0.360. The lowest BCUT2D eigenvalue weighted by atomic mass is 9.78. The predicted molar refractivity (Wildman–Crippen MR) is 46.8 cm³/mol. The van der Waals surface area contributed by atoms with Crippen molar-refractivity contribution < 1.29 is 4.79 Å². The van der Waals surface area contributed by atoms with E-state index in [9.17, 15) is 4.79 Å². The number of carbonyl (C=O) groups excluding carboxylic acids is 1. The van der Waals surface area contributed by atoms with Crippen molar-refractivity contribution in [2.24, 2.45) is 5.41 Å². The fourth-order valence-corrected chi connectivity index (χ4v) is 2.41. The predicted octanol–water partition coefficient (Wildman–Crippen LogP) is 0.218. The normalized spacial score (nSPS) is 36.4. The molecule has 1 N–H and O–H groups in total. The van der Waals surface area contributed by atoms with E-state index in [1.54, 1.807) is 0 Å². The molecule has 2 saturated heterocycles. The molecule has 0 saturated carbocycles. The van der Waals surface area contributed by atoms with E-state index in [2.05, 4.69) is 5.32 Å².